The minimum absolute atomic E-state index is 0.219. The van der Waals surface area contributed by atoms with Crippen molar-refractivity contribution in [3.63, 3.8) is 0 Å². The monoisotopic (exact) mass is 232 g/mol. The first-order valence-corrected chi connectivity index (χ1v) is 6.36. The van der Waals surface area contributed by atoms with E-state index in [0.29, 0.717) is 0 Å². The standard InChI is InChI=1S/C14H20N2O/c15-13(17)14(10-6-1-2-7-11-14)16-12-8-4-3-5-9-12/h3-5,8-9,16H,1-2,6-7,10-11H2,(H2,15,17). The third kappa shape index (κ3) is 2.78. The predicted molar refractivity (Wildman–Crippen MR) is 69.7 cm³/mol. The first-order valence-electron chi connectivity index (χ1n) is 6.36. The van der Waals surface area contributed by atoms with Crippen LogP contribution < -0.4 is 11.1 Å². The highest BCUT2D eigenvalue weighted by Crippen LogP contribution is 2.30. The third-order valence-corrected chi connectivity index (χ3v) is 3.59. The van der Waals surface area contributed by atoms with Crippen molar-refractivity contribution in [3.05, 3.63) is 30.3 Å². The molecule has 3 heteroatoms. The van der Waals surface area contributed by atoms with E-state index in [1.807, 2.05) is 30.3 Å². The number of para-hydroxylation sites is 1. The number of hydrogen-bond acceptors (Lipinski definition) is 2. The molecule has 0 atom stereocenters. The van der Waals surface area contributed by atoms with E-state index in [9.17, 15) is 4.79 Å². The second kappa shape index (κ2) is 5.21. The maximum absolute atomic E-state index is 11.8. The molecule has 0 bridgehead atoms. The van der Waals surface area contributed by atoms with Crippen molar-refractivity contribution in [1.82, 2.24) is 0 Å². The second-order valence-corrected chi connectivity index (χ2v) is 4.85. The summed E-state index contributed by atoms with van der Waals surface area (Å²) in [6.45, 7) is 0. The lowest BCUT2D eigenvalue weighted by atomic mass is 9.89. The molecule has 2 rings (SSSR count). The van der Waals surface area contributed by atoms with Gasteiger partial charge < -0.3 is 11.1 Å². The molecule has 17 heavy (non-hydrogen) atoms. The molecule has 1 fully saturated rings. The van der Waals surface area contributed by atoms with E-state index in [1.165, 1.54) is 12.8 Å². The average Bonchev–Trinajstić information content (AvgIpc) is 2.57. The second-order valence-electron chi connectivity index (χ2n) is 4.85. The molecule has 0 unspecified atom stereocenters. The summed E-state index contributed by atoms with van der Waals surface area (Å²) in [4.78, 5) is 11.8. The average molecular weight is 232 g/mol. The molecule has 1 amide bonds. The largest absolute Gasteiger partial charge is 0.371 e. The van der Waals surface area contributed by atoms with Crippen molar-refractivity contribution in [2.45, 2.75) is 44.1 Å². The number of benzene rings is 1. The number of nitrogens with one attached hydrogen (secondary N) is 1. The molecule has 1 aliphatic rings. The van der Waals surface area contributed by atoms with Gasteiger partial charge in [0, 0.05) is 5.69 Å². The molecule has 92 valence electrons. The number of primary amides is 1. The van der Waals surface area contributed by atoms with E-state index in [4.69, 9.17) is 5.73 Å². The van der Waals surface area contributed by atoms with Gasteiger partial charge in [0.05, 0.1) is 0 Å². The lowest BCUT2D eigenvalue weighted by Gasteiger charge is -2.31. The van der Waals surface area contributed by atoms with Crippen molar-refractivity contribution in [2.75, 3.05) is 5.32 Å². The van der Waals surface area contributed by atoms with Gasteiger partial charge in [-0.25, -0.2) is 0 Å². The molecule has 1 aliphatic carbocycles. The molecular weight excluding hydrogens is 212 g/mol. The Hall–Kier alpha value is -1.51. The van der Waals surface area contributed by atoms with Crippen LogP contribution in [-0.2, 0) is 4.79 Å². The summed E-state index contributed by atoms with van der Waals surface area (Å²) in [5.74, 6) is -0.219. The fraction of sp³-hybridized carbons (Fsp3) is 0.500. The van der Waals surface area contributed by atoms with Crippen LogP contribution in [0.4, 0.5) is 5.69 Å². The number of carbonyl (C=O) groups is 1. The minimum Gasteiger partial charge on any atom is -0.371 e. The summed E-state index contributed by atoms with van der Waals surface area (Å²) in [6.07, 6.45) is 6.23. The van der Waals surface area contributed by atoms with Crippen molar-refractivity contribution < 1.29 is 4.79 Å². The summed E-state index contributed by atoms with van der Waals surface area (Å²) in [7, 11) is 0. The van der Waals surface area contributed by atoms with E-state index < -0.39 is 5.54 Å². The molecule has 0 spiro atoms. The van der Waals surface area contributed by atoms with Gasteiger partial charge in [-0.15, -0.1) is 0 Å². The first-order chi connectivity index (χ1) is 8.23. The number of anilines is 1. The molecule has 1 saturated carbocycles. The van der Waals surface area contributed by atoms with E-state index in [2.05, 4.69) is 5.32 Å². The summed E-state index contributed by atoms with van der Waals surface area (Å²) in [6, 6.07) is 9.86. The Kier molecular flexibility index (Phi) is 3.67. The topological polar surface area (TPSA) is 55.1 Å². The highest BCUT2D eigenvalue weighted by molar-refractivity contribution is 5.88. The lowest BCUT2D eigenvalue weighted by Crippen LogP contribution is -2.50. The van der Waals surface area contributed by atoms with Gasteiger partial charge in [0.15, 0.2) is 0 Å². The van der Waals surface area contributed by atoms with Crippen LogP contribution in [0.25, 0.3) is 0 Å². The van der Waals surface area contributed by atoms with Gasteiger partial charge in [-0.1, -0.05) is 43.9 Å². The van der Waals surface area contributed by atoms with Gasteiger partial charge >= 0.3 is 0 Å². The summed E-state index contributed by atoms with van der Waals surface area (Å²) in [5.41, 5.74) is 6.05. The summed E-state index contributed by atoms with van der Waals surface area (Å²) in [5, 5.41) is 3.36. The maximum atomic E-state index is 11.8. The molecule has 0 saturated heterocycles. The van der Waals surface area contributed by atoms with Crippen LogP contribution in [0.15, 0.2) is 30.3 Å². The van der Waals surface area contributed by atoms with Crippen molar-refractivity contribution in [2.24, 2.45) is 5.73 Å². The first kappa shape index (κ1) is 12.0. The van der Waals surface area contributed by atoms with Crippen molar-refractivity contribution in [1.29, 1.82) is 0 Å². The predicted octanol–water partition coefficient (Wildman–Crippen LogP) is 2.68. The molecular formula is C14H20N2O. The molecule has 0 aromatic heterocycles. The Labute approximate surface area is 102 Å². The van der Waals surface area contributed by atoms with E-state index in [1.54, 1.807) is 0 Å². The van der Waals surface area contributed by atoms with Gasteiger partial charge in [-0.3, -0.25) is 4.79 Å². The van der Waals surface area contributed by atoms with Gasteiger partial charge in [0.2, 0.25) is 5.91 Å². The lowest BCUT2D eigenvalue weighted by molar-refractivity contribution is -0.122. The Morgan fingerprint density at radius 2 is 1.65 bits per heavy atom. The number of carbonyl (C=O) groups excluding carboxylic acids is 1. The number of hydrogen-bond donors (Lipinski definition) is 2. The van der Waals surface area contributed by atoms with Gasteiger partial charge in [0.25, 0.3) is 0 Å². The van der Waals surface area contributed by atoms with Crippen LogP contribution in [-0.4, -0.2) is 11.4 Å². The number of nitrogens with two attached hydrogens (primary N) is 1. The molecule has 3 nitrogen and oxygen atoms in total. The van der Waals surface area contributed by atoms with E-state index in [0.717, 1.165) is 31.4 Å². The highest BCUT2D eigenvalue weighted by Gasteiger charge is 2.36. The highest BCUT2D eigenvalue weighted by atomic mass is 16.1. The van der Waals surface area contributed by atoms with Crippen LogP contribution >= 0.6 is 0 Å². The van der Waals surface area contributed by atoms with Crippen molar-refractivity contribution >= 4 is 11.6 Å². The fourth-order valence-corrected chi connectivity index (χ4v) is 2.56. The molecule has 1 aromatic rings. The number of rotatable bonds is 3. The van der Waals surface area contributed by atoms with Crippen LogP contribution in [0.5, 0.6) is 0 Å². The zero-order valence-corrected chi connectivity index (χ0v) is 10.1. The molecule has 0 heterocycles. The quantitative estimate of drug-likeness (QED) is 0.787. The number of amides is 1. The van der Waals surface area contributed by atoms with Crippen molar-refractivity contribution in [3.8, 4) is 0 Å². The smallest absolute Gasteiger partial charge is 0.243 e. The Balaban J connectivity index is 2.19. The Morgan fingerprint density at radius 1 is 1.06 bits per heavy atom. The fourth-order valence-electron chi connectivity index (χ4n) is 2.56. The van der Waals surface area contributed by atoms with E-state index in [-0.39, 0.29) is 5.91 Å². The van der Waals surface area contributed by atoms with Crippen LogP contribution in [0.3, 0.4) is 0 Å². The molecule has 1 aromatic carbocycles. The van der Waals surface area contributed by atoms with Gasteiger partial charge in [0.1, 0.15) is 5.54 Å². The molecule has 3 N–H and O–H groups in total. The summed E-state index contributed by atoms with van der Waals surface area (Å²) < 4.78 is 0. The molecule has 0 aliphatic heterocycles. The SMILES string of the molecule is NC(=O)C1(Nc2ccccc2)CCCCCC1. The van der Waals surface area contributed by atoms with E-state index >= 15 is 0 Å². The zero-order valence-electron chi connectivity index (χ0n) is 10.1. The van der Waals surface area contributed by atoms with Gasteiger partial charge in [-0.05, 0) is 25.0 Å². The van der Waals surface area contributed by atoms with Crippen LogP contribution in [0, 0.1) is 0 Å². The van der Waals surface area contributed by atoms with Gasteiger partial charge in [-0.2, -0.15) is 0 Å². The zero-order chi connectivity index (χ0) is 12.1. The normalized spacial score (nSPS) is 19.3. The third-order valence-electron chi connectivity index (χ3n) is 3.59. The van der Waals surface area contributed by atoms with Crippen LogP contribution in [0.2, 0.25) is 0 Å². The Bertz CT molecular complexity index is 367. The summed E-state index contributed by atoms with van der Waals surface area (Å²) >= 11 is 0. The minimum atomic E-state index is -0.544. The Morgan fingerprint density at radius 3 is 2.18 bits per heavy atom. The maximum Gasteiger partial charge on any atom is 0.243 e. The molecule has 0 radical (unpaired) electrons. The van der Waals surface area contributed by atoms with Crippen LogP contribution in [0.1, 0.15) is 38.5 Å².